The van der Waals surface area contributed by atoms with Gasteiger partial charge in [-0.2, -0.15) is 0 Å². The van der Waals surface area contributed by atoms with Gasteiger partial charge in [-0.05, 0) is 19.8 Å². The number of carbonyl (C=O) groups is 2. The third kappa shape index (κ3) is 4.07. The van der Waals surface area contributed by atoms with Gasteiger partial charge in [-0.3, -0.25) is 9.59 Å². The van der Waals surface area contributed by atoms with Crippen LogP contribution in [-0.4, -0.2) is 70.9 Å². The number of hydrogen-bond acceptors (Lipinski definition) is 9. The van der Waals surface area contributed by atoms with Gasteiger partial charge in [0.05, 0.1) is 23.8 Å². The maximum atomic E-state index is 12.4. The number of nitrogens with zero attached hydrogens (tertiary/aromatic N) is 4. The molecule has 5 heterocycles. The fourth-order valence-corrected chi connectivity index (χ4v) is 5.61. The quantitative estimate of drug-likeness (QED) is 0.653. The van der Waals surface area contributed by atoms with Crippen LogP contribution in [-0.2, 0) is 9.53 Å². The van der Waals surface area contributed by atoms with Crippen molar-refractivity contribution in [2.75, 3.05) is 31.6 Å². The topological polar surface area (TPSA) is 127 Å². The molecule has 2 aromatic rings. The van der Waals surface area contributed by atoms with E-state index in [4.69, 9.17) is 19.4 Å². The smallest absolute Gasteiger partial charge is 0.290 e. The van der Waals surface area contributed by atoms with E-state index in [-0.39, 0.29) is 24.1 Å². The Balaban J connectivity index is 0.000000730. The third-order valence-electron chi connectivity index (χ3n) is 6.29. The van der Waals surface area contributed by atoms with Crippen LogP contribution in [0.4, 0.5) is 5.82 Å². The van der Waals surface area contributed by atoms with Crippen molar-refractivity contribution < 1.29 is 24.2 Å². The fraction of sp³-hybridized carbons (Fsp3) is 0.550. The highest BCUT2D eigenvalue weighted by atomic mass is 32.1. The lowest BCUT2D eigenvalue weighted by Crippen LogP contribution is -2.42. The van der Waals surface area contributed by atoms with E-state index in [1.807, 2.05) is 18.4 Å². The van der Waals surface area contributed by atoms with Crippen molar-refractivity contribution in [3.63, 3.8) is 0 Å². The molecule has 0 aliphatic carbocycles. The lowest BCUT2D eigenvalue weighted by atomic mass is 9.73. The summed E-state index contributed by atoms with van der Waals surface area (Å²) in [5.41, 5.74) is 0.373. The molecule has 11 heteroatoms. The van der Waals surface area contributed by atoms with Crippen LogP contribution in [0.15, 0.2) is 17.8 Å². The SMILES string of the molecule is COc1cc(N2C[C@@H]3[C@H](CNC(=O)c4csc(C)n4)[C@H]4CC[C@]3(C2)O4)ncn1.O=CO. The molecule has 0 radical (unpaired) electrons. The zero-order valence-electron chi connectivity index (χ0n) is 17.4. The second-order valence-corrected chi connectivity index (χ2v) is 8.96. The molecular weight excluding hydrogens is 422 g/mol. The van der Waals surface area contributed by atoms with Crippen molar-refractivity contribution in [2.45, 2.75) is 31.5 Å². The number of carbonyl (C=O) groups excluding carboxylic acids is 1. The molecule has 3 aliphatic heterocycles. The summed E-state index contributed by atoms with van der Waals surface area (Å²) in [6, 6.07) is 1.87. The minimum atomic E-state index is -0.250. The Kier molecular flexibility index (Phi) is 6.05. The van der Waals surface area contributed by atoms with Gasteiger partial charge in [-0.25, -0.2) is 15.0 Å². The van der Waals surface area contributed by atoms with Gasteiger partial charge >= 0.3 is 0 Å². The van der Waals surface area contributed by atoms with E-state index in [2.05, 4.69) is 25.2 Å². The standard InChI is InChI=1S/C19H23N5O3S.CH2O2/c1-11-23-14(8-28-11)18(25)20-6-12-13-7-24(9-19(13)4-3-15(12)27-19)16-5-17(26-2)22-10-21-16;2-1-3/h5,8,10,12-13,15H,3-4,6-7,9H2,1-2H3,(H,20,25);1H,(H,2,3)/t12-,13+,15+,19+;/m0./s1. The number of nitrogens with one attached hydrogen (secondary N) is 1. The Hall–Kier alpha value is -2.79. The van der Waals surface area contributed by atoms with Crippen molar-refractivity contribution in [2.24, 2.45) is 11.8 Å². The molecule has 2 aromatic heterocycles. The molecule has 31 heavy (non-hydrogen) atoms. The Morgan fingerprint density at radius 1 is 1.52 bits per heavy atom. The average Bonchev–Trinajstić information content (AvgIpc) is 3.53. The van der Waals surface area contributed by atoms with Crippen molar-refractivity contribution in [1.82, 2.24) is 20.3 Å². The molecule has 166 valence electrons. The van der Waals surface area contributed by atoms with Gasteiger partial charge < -0.3 is 24.8 Å². The molecular formula is C20H25N5O5S. The van der Waals surface area contributed by atoms with Gasteiger partial charge in [0.2, 0.25) is 5.88 Å². The molecule has 10 nitrogen and oxygen atoms in total. The van der Waals surface area contributed by atoms with E-state index < -0.39 is 0 Å². The van der Waals surface area contributed by atoms with Crippen LogP contribution in [0.25, 0.3) is 0 Å². The summed E-state index contributed by atoms with van der Waals surface area (Å²) < 4.78 is 11.7. The number of ether oxygens (including phenoxy) is 2. The molecule has 0 saturated carbocycles. The number of anilines is 1. The number of amides is 1. The first kappa shape index (κ1) is 21.4. The van der Waals surface area contributed by atoms with Crippen LogP contribution >= 0.6 is 11.3 Å². The van der Waals surface area contributed by atoms with E-state index in [0.29, 0.717) is 30.0 Å². The molecule has 0 aromatic carbocycles. The number of aromatic nitrogens is 3. The lowest BCUT2D eigenvalue weighted by molar-refractivity contribution is -0.122. The van der Waals surface area contributed by atoms with Gasteiger partial charge in [0.1, 0.15) is 17.8 Å². The Morgan fingerprint density at radius 2 is 2.32 bits per heavy atom. The third-order valence-corrected chi connectivity index (χ3v) is 7.07. The van der Waals surface area contributed by atoms with Crippen LogP contribution in [0.5, 0.6) is 5.88 Å². The monoisotopic (exact) mass is 447 g/mol. The molecule has 3 saturated heterocycles. The zero-order valence-corrected chi connectivity index (χ0v) is 18.2. The van der Waals surface area contributed by atoms with Crippen LogP contribution in [0.2, 0.25) is 0 Å². The summed E-state index contributed by atoms with van der Waals surface area (Å²) >= 11 is 1.49. The molecule has 1 spiro atoms. The second kappa shape index (κ2) is 8.75. The molecule has 3 aliphatic rings. The number of methoxy groups -OCH3 is 1. The van der Waals surface area contributed by atoms with Gasteiger partial charge in [0.15, 0.2) is 0 Å². The summed E-state index contributed by atoms with van der Waals surface area (Å²) in [5.74, 6) is 2.02. The van der Waals surface area contributed by atoms with E-state index >= 15 is 0 Å². The molecule has 1 amide bonds. The normalized spacial score (nSPS) is 27.9. The number of thiazole rings is 1. The predicted octanol–water partition coefficient (Wildman–Crippen LogP) is 1.36. The summed E-state index contributed by atoms with van der Waals surface area (Å²) in [5, 5.41) is 12.7. The molecule has 2 N–H and O–H groups in total. The minimum absolute atomic E-state index is 0.100. The molecule has 4 atom stereocenters. The largest absolute Gasteiger partial charge is 0.483 e. The summed E-state index contributed by atoms with van der Waals surface area (Å²) in [4.78, 5) is 35.8. The molecule has 2 bridgehead atoms. The van der Waals surface area contributed by atoms with E-state index in [1.165, 1.54) is 17.7 Å². The van der Waals surface area contributed by atoms with E-state index in [1.54, 1.807) is 7.11 Å². The van der Waals surface area contributed by atoms with Crippen LogP contribution in [0, 0.1) is 18.8 Å². The maximum Gasteiger partial charge on any atom is 0.290 e. The highest BCUT2D eigenvalue weighted by Crippen LogP contribution is 2.55. The summed E-state index contributed by atoms with van der Waals surface area (Å²) in [6.07, 6.45) is 3.88. The summed E-state index contributed by atoms with van der Waals surface area (Å²) in [6.45, 7) is 3.97. The minimum Gasteiger partial charge on any atom is -0.483 e. The fourth-order valence-electron chi connectivity index (χ4n) is 5.02. The van der Waals surface area contributed by atoms with Crippen molar-refractivity contribution in [1.29, 1.82) is 0 Å². The van der Waals surface area contributed by atoms with Crippen LogP contribution in [0.3, 0.4) is 0 Å². The molecule has 0 unspecified atom stereocenters. The van der Waals surface area contributed by atoms with Gasteiger partial charge in [-0.1, -0.05) is 0 Å². The first-order valence-electron chi connectivity index (χ1n) is 10.1. The first-order chi connectivity index (χ1) is 15.0. The maximum absolute atomic E-state index is 12.4. The van der Waals surface area contributed by atoms with E-state index in [9.17, 15) is 4.79 Å². The Bertz CT molecular complexity index is 956. The highest BCUT2D eigenvalue weighted by molar-refractivity contribution is 7.09. The Morgan fingerprint density at radius 3 is 3.03 bits per heavy atom. The predicted molar refractivity (Wildman–Crippen MR) is 112 cm³/mol. The van der Waals surface area contributed by atoms with Crippen molar-refractivity contribution >= 4 is 29.5 Å². The first-order valence-corrected chi connectivity index (χ1v) is 10.9. The number of carboxylic acid groups (broad SMARTS) is 1. The lowest BCUT2D eigenvalue weighted by Gasteiger charge is -2.29. The number of rotatable bonds is 5. The number of hydrogen-bond donors (Lipinski definition) is 2. The number of aryl methyl sites for hydroxylation is 1. The number of fused-ring (bicyclic) bond motifs is 1. The van der Waals surface area contributed by atoms with E-state index in [0.717, 1.165) is 36.8 Å². The molecule has 5 rings (SSSR count). The average molecular weight is 448 g/mol. The highest BCUT2D eigenvalue weighted by Gasteiger charge is 2.63. The van der Waals surface area contributed by atoms with Gasteiger partial charge in [0.25, 0.3) is 12.4 Å². The van der Waals surface area contributed by atoms with Gasteiger partial charge in [-0.15, -0.1) is 11.3 Å². The second-order valence-electron chi connectivity index (χ2n) is 7.90. The van der Waals surface area contributed by atoms with Crippen LogP contribution < -0.4 is 15.0 Å². The Labute approximate surface area is 183 Å². The zero-order chi connectivity index (χ0) is 22.0. The summed E-state index contributed by atoms with van der Waals surface area (Å²) in [7, 11) is 1.61. The van der Waals surface area contributed by atoms with Crippen molar-refractivity contribution in [3.05, 3.63) is 28.5 Å². The molecule has 3 fully saturated rings. The van der Waals surface area contributed by atoms with Crippen molar-refractivity contribution in [3.8, 4) is 5.88 Å². The van der Waals surface area contributed by atoms with Gasteiger partial charge in [0, 0.05) is 42.9 Å². The van der Waals surface area contributed by atoms with Crippen LogP contribution in [0.1, 0.15) is 28.3 Å².